The Balaban J connectivity index is 1.72. The summed E-state index contributed by atoms with van der Waals surface area (Å²) in [6.07, 6.45) is 7.67. The first kappa shape index (κ1) is 17.0. The van der Waals surface area contributed by atoms with E-state index in [1.54, 1.807) is 11.8 Å². The SMILES string of the molecule is CC(=O)N1CCC[C@@H]1C(=O)N1CCC[C@H](n2ccnc2C(C)C)C1. The Morgan fingerprint density at radius 2 is 1.96 bits per heavy atom. The van der Waals surface area contributed by atoms with Crippen LogP contribution in [0.1, 0.15) is 64.2 Å². The van der Waals surface area contributed by atoms with Crippen molar-refractivity contribution in [3.63, 3.8) is 0 Å². The van der Waals surface area contributed by atoms with Crippen molar-refractivity contribution < 1.29 is 9.59 Å². The summed E-state index contributed by atoms with van der Waals surface area (Å²) in [5.74, 6) is 1.59. The second-order valence-electron chi connectivity index (χ2n) is 7.30. The van der Waals surface area contributed by atoms with Gasteiger partial charge in [-0.3, -0.25) is 9.59 Å². The van der Waals surface area contributed by atoms with E-state index in [-0.39, 0.29) is 23.9 Å². The summed E-state index contributed by atoms with van der Waals surface area (Å²) < 4.78 is 2.24. The molecule has 0 spiro atoms. The Kier molecular flexibility index (Phi) is 4.92. The van der Waals surface area contributed by atoms with Gasteiger partial charge in [0.15, 0.2) is 0 Å². The monoisotopic (exact) mass is 332 g/mol. The van der Waals surface area contributed by atoms with Crippen molar-refractivity contribution in [3.05, 3.63) is 18.2 Å². The zero-order valence-electron chi connectivity index (χ0n) is 14.9. The Bertz CT molecular complexity index is 610. The van der Waals surface area contributed by atoms with E-state index in [1.807, 2.05) is 17.3 Å². The third-order valence-electron chi connectivity index (χ3n) is 5.26. The van der Waals surface area contributed by atoms with Crippen LogP contribution in [0, 0.1) is 0 Å². The van der Waals surface area contributed by atoms with Crippen LogP contribution in [-0.4, -0.2) is 56.8 Å². The van der Waals surface area contributed by atoms with Crippen molar-refractivity contribution in [2.24, 2.45) is 0 Å². The van der Waals surface area contributed by atoms with Crippen LogP contribution in [0.25, 0.3) is 0 Å². The van der Waals surface area contributed by atoms with Gasteiger partial charge in [-0.15, -0.1) is 0 Å². The van der Waals surface area contributed by atoms with Gasteiger partial charge in [-0.2, -0.15) is 0 Å². The van der Waals surface area contributed by atoms with Gasteiger partial charge in [0, 0.05) is 44.9 Å². The number of imidazole rings is 1. The first-order valence-electron chi connectivity index (χ1n) is 9.07. The van der Waals surface area contributed by atoms with Crippen molar-refractivity contribution in [2.75, 3.05) is 19.6 Å². The Morgan fingerprint density at radius 3 is 2.67 bits per heavy atom. The third-order valence-corrected chi connectivity index (χ3v) is 5.26. The van der Waals surface area contributed by atoms with Crippen LogP contribution in [0.15, 0.2) is 12.4 Å². The maximum Gasteiger partial charge on any atom is 0.245 e. The molecule has 0 aromatic carbocycles. The summed E-state index contributed by atoms with van der Waals surface area (Å²) in [6, 6.07) is 0.0309. The normalized spacial score (nSPS) is 24.7. The van der Waals surface area contributed by atoms with E-state index in [9.17, 15) is 9.59 Å². The van der Waals surface area contributed by atoms with Crippen molar-refractivity contribution in [1.82, 2.24) is 19.4 Å². The zero-order chi connectivity index (χ0) is 17.3. The van der Waals surface area contributed by atoms with Gasteiger partial charge in [0.2, 0.25) is 11.8 Å². The average Bonchev–Trinajstić information content (AvgIpc) is 3.23. The number of carbonyl (C=O) groups excluding carboxylic acids is 2. The molecule has 2 amide bonds. The quantitative estimate of drug-likeness (QED) is 0.852. The van der Waals surface area contributed by atoms with Gasteiger partial charge in [-0.05, 0) is 25.7 Å². The van der Waals surface area contributed by atoms with E-state index in [0.29, 0.717) is 12.5 Å². The van der Waals surface area contributed by atoms with Crippen LogP contribution in [0.3, 0.4) is 0 Å². The van der Waals surface area contributed by atoms with Crippen LogP contribution in [0.4, 0.5) is 0 Å². The molecule has 3 heterocycles. The van der Waals surface area contributed by atoms with Crippen molar-refractivity contribution in [1.29, 1.82) is 0 Å². The topological polar surface area (TPSA) is 58.4 Å². The molecule has 0 radical (unpaired) electrons. The molecular weight excluding hydrogens is 304 g/mol. The van der Waals surface area contributed by atoms with Crippen LogP contribution >= 0.6 is 0 Å². The molecule has 0 N–H and O–H groups in total. The lowest BCUT2D eigenvalue weighted by Gasteiger charge is -2.37. The Labute approximate surface area is 143 Å². The van der Waals surface area contributed by atoms with Crippen LogP contribution in [0.5, 0.6) is 0 Å². The van der Waals surface area contributed by atoms with Gasteiger partial charge in [0.25, 0.3) is 0 Å². The Hall–Kier alpha value is -1.85. The smallest absolute Gasteiger partial charge is 0.245 e. The number of rotatable bonds is 3. The van der Waals surface area contributed by atoms with E-state index in [1.165, 1.54) is 0 Å². The van der Waals surface area contributed by atoms with Crippen molar-refractivity contribution in [2.45, 2.75) is 64.5 Å². The van der Waals surface area contributed by atoms with Gasteiger partial charge < -0.3 is 14.4 Å². The fourth-order valence-corrected chi connectivity index (χ4v) is 4.07. The average molecular weight is 332 g/mol. The molecule has 24 heavy (non-hydrogen) atoms. The van der Waals surface area contributed by atoms with E-state index in [0.717, 1.165) is 44.6 Å². The molecule has 2 atom stereocenters. The number of piperidine rings is 1. The summed E-state index contributed by atoms with van der Waals surface area (Å²) >= 11 is 0. The zero-order valence-corrected chi connectivity index (χ0v) is 14.9. The minimum atomic E-state index is -0.256. The number of carbonyl (C=O) groups is 2. The minimum absolute atomic E-state index is 0.0103. The highest BCUT2D eigenvalue weighted by molar-refractivity contribution is 5.87. The summed E-state index contributed by atoms with van der Waals surface area (Å²) in [6.45, 7) is 8.08. The molecule has 6 nitrogen and oxygen atoms in total. The summed E-state index contributed by atoms with van der Waals surface area (Å²) in [7, 11) is 0. The second-order valence-corrected chi connectivity index (χ2v) is 7.30. The number of aromatic nitrogens is 2. The maximum absolute atomic E-state index is 13.0. The Morgan fingerprint density at radius 1 is 1.21 bits per heavy atom. The third kappa shape index (κ3) is 3.19. The van der Waals surface area contributed by atoms with Gasteiger partial charge >= 0.3 is 0 Å². The molecule has 0 aliphatic carbocycles. The summed E-state index contributed by atoms with van der Waals surface area (Å²) in [5.41, 5.74) is 0. The van der Waals surface area contributed by atoms with E-state index < -0.39 is 0 Å². The fraction of sp³-hybridized carbons (Fsp3) is 0.722. The molecule has 0 bridgehead atoms. The van der Waals surface area contributed by atoms with Crippen LogP contribution in [0.2, 0.25) is 0 Å². The lowest BCUT2D eigenvalue weighted by atomic mass is 10.0. The summed E-state index contributed by atoms with van der Waals surface area (Å²) in [4.78, 5) is 32.9. The molecule has 1 aromatic heterocycles. The highest BCUT2D eigenvalue weighted by Crippen LogP contribution is 2.28. The van der Waals surface area contributed by atoms with Crippen LogP contribution in [-0.2, 0) is 9.59 Å². The van der Waals surface area contributed by atoms with E-state index in [2.05, 4.69) is 23.4 Å². The van der Waals surface area contributed by atoms with Crippen LogP contribution < -0.4 is 0 Å². The number of amides is 2. The highest BCUT2D eigenvalue weighted by atomic mass is 16.2. The largest absolute Gasteiger partial charge is 0.339 e. The number of hydrogen-bond donors (Lipinski definition) is 0. The van der Waals surface area contributed by atoms with E-state index in [4.69, 9.17) is 0 Å². The molecule has 132 valence electrons. The molecule has 2 aliphatic rings. The van der Waals surface area contributed by atoms with Gasteiger partial charge in [-0.25, -0.2) is 4.98 Å². The molecule has 1 aromatic rings. The first-order valence-corrected chi connectivity index (χ1v) is 9.07. The lowest BCUT2D eigenvalue weighted by Crippen LogP contribution is -2.50. The predicted octanol–water partition coefficient (Wildman–Crippen LogP) is 2.18. The predicted molar refractivity (Wildman–Crippen MR) is 91.6 cm³/mol. The molecule has 6 heteroatoms. The molecule has 0 unspecified atom stereocenters. The minimum Gasteiger partial charge on any atom is -0.339 e. The first-order chi connectivity index (χ1) is 11.5. The van der Waals surface area contributed by atoms with Crippen molar-refractivity contribution >= 4 is 11.8 Å². The molecule has 2 aliphatic heterocycles. The van der Waals surface area contributed by atoms with Gasteiger partial charge in [0.05, 0.1) is 6.04 Å². The number of hydrogen-bond acceptors (Lipinski definition) is 3. The standard InChI is InChI=1S/C18H28N4O2/c1-13(2)17-19-8-11-22(17)15-6-4-9-20(12-15)18(24)16-7-5-10-21(16)14(3)23/h8,11,13,15-16H,4-7,9-10,12H2,1-3H3/t15-,16+/m0/s1. The fourth-order valence-electron chi connectivity index (χ4n) is 4.07. The molecule has 2 fully saturated rings. The lowest BCUT2D eigenvalue weighted by molar-refractivity contribution is -0.144. The van der Waals surface area contributed by atoms with Crippen molar-refractivity contribution in [3.8, 4) is 0 Å². The number of likely N-dealkylation sites (tertiary alicyclic amines) is 2. The highest BCUT2D eigenvalue weighted by Gasteiger charge is 2.37. The second kappa shape index (κ2) is 6.95. The molecular formula is C18H28N4O2. The molecule has 2 saturated heterocycles. The van der Waals surface area contributed by atoms with E-state index >= 15 is 0 Å². The number of nitrogens with zero attached hydrogens (tertiary/aromatic N) is 4. The van der Waals surface area contributed by atoms with Gasteiger partial charge in [-0.1, -0.05) is 13.8 Å². The summed E-state index contributed by atoms with van der Waals surface area (Å²) in [5, 5.41) is 0. The molecule has 0 saturated carbocycles. The maximum atomic E-state index is 13.0. The molecule has 3 rings (SSSR count). The van der Waals surface area contributed by atoms with Gasteiger partial charge in [0.1, 0.15) is 11.9 Å².